The number of halogens is 1. The highest BCUT2D eigenvalue weighted by atomic mass is 127. The summed E-state index contributed by atoms with van der Waals surface area (Å²) in [6, 6.07) is 0.336. The average molecular weight is 524 g/mol. The summed E-state index contributed by atoms with van der Waals surface area (Å²) in [7, 11) is 1.78. The van der Waals surface area contributed by atoms with Crippen LogP contribution in [0, 0.1) is 11.3 Å². The SMILES string of the molecule is CCC(CC)(CNC(=NC)NC1C2CCOC2C1(C)C)NC(=O)OC(C)(C)C.I. The number of amides is 1. The molecule has 170 valence electrons. The molecule has 0 aromatic heterocycles. The predicted molar refractivity (Wildman–Crippen MR) is 128 cm³/mol. The van der Waals surface area contributed by atoms with Crippen molar-refractivity contribution < 1.29 is 14.3 Å². The summed E-state index contributed by atoms with van der Waals surface area (Å²) >= 11 is 0. The number of carbonyl (C=O) groups excluding carboxylic acids is 1. The number of guanidine groups is 1. The molecule has 1 aliphatic carbocycles. The highest BCUT2D eigenvalue weighted by Gasteiger charge is 2.59. The fourth-order valence-electron chi connectivity index (χ4n) is 4.45. The first-order valence-electron chi connectivity index (χ1n) is 10.6. The Bertz CT molecular complexity index is 585. The Morgan fingerprint density at radius 1 is 1.24 bits per heavy atom. The van der Waals surface area contributed by atoms with E-state index >= 15 is 0 Å². The monoisotopic (exact) mass is 524 g/mol. The fraction of sp³-hybridized carbons (Fsp3) is 0.905. The molecule has 1 saturated heterocycles. The lowest BCUT2D eigenvalue weighted by Gasteiger charge is -2.55. The molecule has 0 bridgehead atoms. The zero-order valence-corrected chi connectivity index (χ0v) is 21.7. The Morgan fingerprint density at radius 2 is 1.86 bits per heavy atom. The number of carbonyl (C=O) groups is 1. The van der Waals surface area contributed by atoms with Gasteiger partial charge in [-0.05, 0) is 40.0 Å². The third-order valence-electron chi connectivity index (χ3n) is 6.33. The van der Waals surface area contributed by atoms with Gasteiger partial charge in [-0.1, -0.05) is 27.7 Å². The van der Waals surface area contributed by atoms with Crippen LogP contribution in [0.5, 0.6) is 0 Å². The van der Waals surface area contributed by atoms with E-state index < -0.39 is 11.1 Å². The highest BCUT2D eigenvalue weighted by Crippen LogP contribution is 2.52. The van der Waals surface area contributed by atoms with E-state index in [1.165, 1.54) is 0 Å². The van der Waals surface area contributed by atoms with E-state index in [1.54, 1.807) is 7.05 Å². The summed E-state index contributed by atoms with van der Waals surface area (Å²) in [6.45, 7) is 15.7. The maximum Gasteiger partial charge on any atom is 0.408 e. The van der Waals surface area contributed by atoms with E-state index in [2.05, 4.69) is 48.6 Å². The van der Waals surface area contributed by atoms with Crippen LogP contribution in [0.4, 0.5) is 4.79 Å². The van der Waals surface area contributed by atoms with Crippen molar-refractivity contribution in [1.82, 2.24) is 16.0 Å². The van der Waals surface area contributed by atoms with Gasteiger partial charge in [0.1, 0.15) is 5.60 Å². The molecule has 1 saturated carbocycles. The van der Waals surface area contributed by atoms with Crippen LogP contribution in [0.25, 0.3) is 0 Å². The summed E-state index contributed by atoms with van der Waals surface area (Å²) in [4.78, 5) is 16.7. The van der Waals surface area contributed by atoms with Crippen molar-refractivity contribution in [2.75, 3.05) is 20.2 Å². The van der Waals surface area contributed by atoms with E-state index in [4.69, 9.17) is 9.47 Å². The second-order valence-corrected chi connectivity index (χ2v) is 9.73. The summed E-state index contributed by atoms with van der Waals surface area (Å²) in [6.07, 6.45) is 2.63. The first-order chi connectivity index (χ1) is 13.0. The summed E-state index contributed by atoms with van der Waals surface area (Å²) < 4.78 is 11.3. The third kappa shape index (κ3) is 6.12. The van der Waals surface area contributed by atoms with Crippen LogP contribution < -0.4 is 16.0 Å². The molecule has 1 aliphatic heterocycles. The van der Waals surface area contributed by atoms with Gasteiger partial charge in [0.05, 0.1) is 11.6 Å². The molecule has 0 radical (unpaired) electrons. The Labute approximate surface area is 193 Å². The van der Waals surface area contributed by atoms with Crippen LogP contribution in [0.2, 0.25) is 0 Å². The van der Waals surface area contributed by atoms with Crippen molar-refractivity contribution in [2.24, 2.45) is 16.3 Å². The first kappa shape index (κ1) is 26.3. The molecule has 8 heteroatoms. The summed E-state index contributed by atoms with van der Waals surface area (Å²) in [5.41, 5.74) is -0.827. The lowest BCUT2D eigenvalue weighted by atomic mass is 9.57. The van der Waals surface area contributed by atoms with E-state index in [-0.39, 0.29) is 35.5 Å². The predicted octanol–water partition coefficient (Wildman–Crippen LogP) is 3.67. The van der Waals surface area contributed by atoms with Crippen molar-refractivity contribution in [3.63, 3.8) is 0 Å². The van der Waals surface area contributed by atoms with Gasteiger partial charge in [0.2, 0.25) is 0 Å². The number of ether oxygens (including phenoxy) is 2. The molecule has 3 atom stereocenters. The molecule has 2 aliphatic rings. The van der Waals surface area contributed by atoms with Crippen LogP contribution in [-0.4, -0.2) is 55.5 Å². The van der Waals surface area contributed by atoms with Crippen molar-refractivity contribution in [3.8, 4) is 0 Å². The second-order valence-electron chi connectivity index (χ2n) is 9.73. The Hall–Kier alpha value is -0.770. The number of hydrogen-bond donors (Lipinski definition) is 3. The van der Waals surface area contributed by atoms with Gasteiger partial charge in [-0.2, -0.15) is 0 Å². The maximum absolute atomic E-state index is 12.3. The van der Waals surface area contributed by atoms with Crippen LogP contribution >= 0.6 is 24.0 Å². The Kier molecular flexibility index (Phi) is 9.08. The number of hydrogen-bond acceptors (Lipinski definition) is 4. The van der Waals surface area contributed by atoms with Gasteiger partial charge in [-0.25, -0.2) is 4.79 Å². The lowest BCUT2D eigenvalue weighted by molar-refractivity contribution is -0.106. The third-order valence-corrected chi connectivity index (χ3v) is 6.33. The fourth-order valence-corrected chi connectivity index (χ4v) is 4.45. The normalized spacial score (nSPS) is 25.9. The Morgan fingerprint density at radius 3 is 2.38 bits per heavy atom. The zero-order valence-electron chi connectivity index (χ0n) is 19.3. The number of fused-ring (bicyclic) bond motifs is 1. The van der Waals surface area contributed by atoms with E-state index in [0.717, 1.165) is 31.8 Å². The lowest BCUT2D eigenvalue weighted by Crippen LogP contribution is -2.68. The summed E-state index contributed by atoms with van der Waals surface area (Å²) in [5, 5.41) is 10.1. The average Bonchev–Trinajstić information content (AvgIpc) is 3.06. The number of nitrogens with zero attached hydrogens (tertiary/aromatic N) is 1. The molecular weight excluding hydrogens is 483 g/mol. The number of aliphatic imine (C=N–C) groups is 1. The van der Waals surface area contributed by atoms with Crippen LogP contribution in [-0.2, 0) is 9.47 Å². The minimum absolute atomic E-state index is 0. The number of rotatable bonds is 6. The molecular formula is C21H41IN4O3. The molecule has 2 fully saturated rings. The van der Waals surface area contributed by atoms with Gasteiger partial charge < -0.3 is 25.4 Å². The quantitative estimate of drug-likeness (QED) is 0.281. The molecule has 0 aromatic rings. The standard InChI is InChI=1S/C21H40N4O3.HI/c1-9-21(10-2,25-18(26)28-19(3,4)5)13-23-17(22-8)24-15-14-11-12-27-16(14)20(15,6)7;/h14-16H,9-13H2,1-8H3,(H,25,26)(H2,22,23,24);1H. The van der Waals surface area contributed by atoms with Crippen molar-refractivity contribution >= 4 is 36.0 Å². The highest BCUT2D eigenvalue weighted by molar-refractivity contribution is 14.0. The van der Waals surface area contributed by atoms with Gasteiger partial charge >= 0.3 is 6.09 Å². The van der Waals surface area contributed by atoms with Crippen LogP contribution in [0.1, 0.15) is 67.7 Å². The molecule has 0 aromatic carbocycles. The van der Waals surface area contributed by atoms with Crippen molar-refractivity contribution in [2.45, 2.75) is 91.0 Å². The number of nitrogens with one attached hydrogen (secondary N) is 3. The molecule has 0 spiro atoms. The number of alkyl carbamates (subject to hydrolysis) is 1. The molecule has 3 unspecified atom stereocenters. The smallest absolute Gasteiger partial charge is 0.408 e. The van der Waals surface area contributed by atoms with Crippen LogP contribution in [0.15, 0.2) is 4.99 Å². The Balaban J connectivity index is 0.00000420. The van der Waals surface area contributed by atoms with Crippen molar-refractivity contribution in [3.05, 3.63) is 0 Å². The minimum Gasteiger partial charge on any atom is -0.444 e. The van der Waals surface area contributed by atoms with Gasteiger partial charge in [0, 0.05) is 37.6 Å². The van der Waals surface area contributed by atoms with Gasteiger partial charge in [-0.3, -0.25) is 4.99 Å². The molecule has 7 nitrogen and oxygen atoms in total. The minimum atomic E-state index is -0.516. The van der Waals surface area contributed by atoms with Crippen LogP contribution in [0.3, 0.4) is 0 Å². The van der Waals surface area contributed by atoms with Gasteiger partial charge in [0.25, 0.3) is 0 Å². The largest absolute Gasteiger partial charge is 0.444 e. The molecule has 29 heavy (non-hydrogen) atoms. The topological polar surface area (TPSA) is 84.0 Å². The molecule has 1 amide bonds. The van der Waals surface area contributed by atoms with Gasteiger partial charge in [0.15, 0.2) is 5.96 Å². The van der Waals surface area contributed by atoms with E-state index in [1.807, 2.05) is 20.8 Å². The molecule has 1 heterocycles. The van der Waals surface area contributed by atoms with Gasteiger partial charge in [-0.15, -0.1) is 24.0 Å². The van der Waals surface area contributed by atoms with Crippen molar-refractivity contribution in [1.29, 1.82) is 0 Å². The summed E-state index contributed by atoms with van der Waals surface area (Å²) in [5.74, 6) is 1.30. The zero-order chi connectivity index (χ0) is 21.2. The maximum atomic E-state index is 12.3. The second kappa shape index (κ2) is 10.0. The molecule has 2 rings (SSSR count). The molecule has 3 N–H and O–H groups in total. The van der Waals surface area contributed by atoms with E-state index in [9.17, 15) is 4.79 Å². The van der Waals surface area contributed by atoms with E-state index in [0.29, 0.717) is 24.6 Å². The first-order valence-corrected chi connectivity index (χ1v) is 10.6.